The third kappa shape index (κ3) is 4.64. The number of nitrogens with zero attached hydrogens (tertiary/aromatic N) is 5. The van der Waals surface area contributed by atoms with Crippen LogP contribution >= 0.6 is 0 Å². The number of benzene rings is 4. The van der Waals surface area contributed by atoms with Gasteiger partial charge in [-0.25, -0.2) is 0 Å². The number of aromatic nitrogens is 4. The Labute approximate surface area is 231 Å². The predicted molar refractivity (Wildman–Crippen MR) is 159 cm³/mol. The molecule has 0 saturated carbocycles. The van der Waals surface area contributed by atoms with E-state index < -0.39 is 0 Å². The topological polar surface area (TPSA) is 96.7 Å². The van der Waals surface area contributed by atoms with Crippen LogP contribution in [-0.4, -0.2) is 46.9 Å². The van der Waals surface area contributed by atoms with Gasteiger partial charge in [0.2, 0.25) is 0 Å². The van der Waals surface area contributed by atoms with Gasteiger partial charge in [-0.2, -0.15) is 4.52 Å². The number of fused-ring (bicyclic) bond motifs is 3. The lowest BCUT2D eigenvalue weighted by molar-refractivity contribution is 0.102. The Kier molecular flexibility index (Phi) is 6.45. The van der Waals surface area contributed by atoms with Crippen LogP contribution < -0.4 is 20.3 Å². The second-order valence-electron chi connectivity index (χ2n) is 9.45. The van der Waals surface area contributed by atoms with Gasteiger partial charge in [-0.15, -0.1) is 15.3 Å². The highest BCUT2D eigenvalue weighted by molar-refractivity contribution is 6.08. The molecule has 9 heteroatoms. The van der Waals surface area contributed by atoms with Crippen molar-refractivity contribution >= 4 is 45.2 Å². The molecule has 6 rings (SSSR count). The molecule has 0 atom stereocenters. The molecule has 40 heavy (non-hydrogen) atoms. The molecule has 2 N–H and O–H groups in total. The van der Waals surface area contributed by atoms with Crippen LogP contribution in [0.2, 0.25) is 0 Å². The maximum absolute atomic E-state index is 13.0. The summed E-state index contributed by atoms with van der Waals surface area (Å²) in [4.78, 5) is 14.9. The smallest absolute Gasteiger partial charge is 0.257 e. The number of methoxy groups -OCH3 is 1. The fourth-order valence-electron chi connectivity index (χ4n) is 4.62. The molecule has 2 aromatic heterocycles. The molecule has 4 aromatic carbocycles. The summed E-state index contributed by atoms with van der Waals surface area (Å²) >= 11 is 0. The Morgan fingerprint density at radius 2 is 1.48 bits per heavy atom. The zero-order valence-electron chi connectivity index (χ0n) is 22.3. The third-order valence-electron chi connectivity index (χ3n) is 6.65. The van der Waals surface area contributed by atoms with E-state index in [0.717, 1.165) is 33.5 Å². The Bertz CT molecular complexity index is 1830. The van der Waals surface area contributed by atoms with Gasteiger partial charge in [-0.1, -0.05) is 36.4 Å². The van der Waals surface area contributed by atoms with E-state index in [0.29, 0.717) is 28.5 Å². The van der Waals surface area contributed by atoms with Gasteiger partial charge < -0.3 is 20.3 Å². The molecule has 0 aliphatic heterocycles. The van der Waals surface area contributed by atoms with Crippen molar-refractivity contribution in [1.29, 1.82) is 0 Å². The van der Waals surface area contributed by atoms with Crippen LogP contribution in [0.1, 0.15) is 10.4 Å². The van der Waals surface area contributed by atoms with Crippen molar-refractivity contribution in [3.05, 3.63) is 103 Å². The van der Waals surface area contributed by atoms with Crippen molar-refractivity contribution in [3.8, 4) is 17.1 Å². The van der Waals surface area contributed by atoms with E-state index in [1.165, 1.54) is 0 Å². The molecule has 0 aliphatic rings. The van der Waals surface area contributed by atoms with Crippen LogP contribution in [0.4, 0.5) is 22.9 Å². The molecule has 0 saturated heterocycles. The molecule has 0 fully saturated rings. The number of amides is 1. The lowest BCUT2D eigenvalue weighted by Crippen LogP contribution is -2.18. The predicted octanol–water partition coefficient (Wildman–Crippen LogP) is 6.02. The van der Waals surface area contributed by atoms with E-state index in [2.05, 4.69) is 20.8 Å². The summed E-state index contributed by atoms with van der Waals surface area (Å²) < 4.78 is 7.04. The second-order valence-corrected chi connectivity index (χ2v) is 9.45. The zero-order chi connectivity index (χ0) is 27.6. The summed E-state index contributed by atoms with van der Waals surface area (Å²) in [5.41, 5.74) is 4.52. The number of ether oxygens (including phenoxy) is 1. The summed E-state index contributed by atoms with van der Waals surface area (Å²) in [6, 6.07) is 30.6. The van der Waals surface area contributed by atoms with Gasteiger partial charge >= 0.3 is 0 Å². The normalized spacial score (nSPS) is 11.0. The highest BCUT2D eigenvalue weighted by Gasteiger charge is 2.16. The molecule has 198 valence electrons. The first-order valence-electron chi connectivity index (χ1n) is 12.7. The molecule has 1 amide bonds. The van der Waals surface area contributed by atoms with Crippen LogP contribution in [0.3, 0.4) is 0 Å². The van der Waals surface area contributed by atoms with Crippen molar-refractivity contribution < 1.29 is 9.53 Å². The summed E-state index contributed by atoms with van der Waals surface area (Å²) in [5, 5.41) is 22.0. The van der Waals surface area contributed by atoms with Gasteiger partial charge in [0.15, 0.2) is 17.3 Å². The van der Waals surface area contributed by atoms with E-state index in [9.17, 15) is 4.79 Å². The van der Waals surface area contributed by atoms with Crippen molar-refractivity contribution in [2.24, 2.45) is 0 Å². The van der Waals surface area contributed by atoms with E-state index in [4.69, 9.17) is 9.84 Å². The molecular weight excluding hydrogens is 502 g/mol. The van der Waals surface area contributed by atoms with Crippen molar-refractivity contribution in [1.82, 2.24) is 19.8 Å². The largest absolute Gasteiger partial charge is 0.497 e. The fraction of sp³-hybridized carbons (Fsp3) is 0.0968. The quantitative estimate of drug-likeness (QED) is 0.261. The molecule has 6 aromatic rings. The van der Waals surface area contributed by atoms with Gasteiger partial charge in [0, 0.05) is 47.5 Å². The molecular formula is C31H27N7O2. The average molecular weight is 530 g/mol. The maximum atomic E-state index is 13.0. The number of carbonyl (C=O) groups is 1. The highest BCUT2D eigenvalue weighted by atomic mass is 16.5. The Morgan fingerprint density at radius 3 is 2.20 bits per heavy atom. The SMILES string of the molecule is COc1ccc(-c2nnc3c4ccccc4c(Nc4ccc(NC(=O)c5ccccc5N(C)C)cc4)nn23)cc1. The summed E-state index contributed by atoms with van der Waals surface area (Å²) in [6.45, 7) is 0. The first-order valence-corrected chi connectivity index (χ1v) is 12.7. The van der Waals surface area contributed by atoms with E-state index in [-0.39, 0.29) is 5.91 Å². The summed E-state index contributed by atoms with van der Waals surface area (Å²) in [7, 11) is 5.47. The monoisotopic (exact) mass is 529 g/mol. The first kappa shape index (κ1) is 24.9. The Balaban J connectivity index is 1.30. The van der Waals surface area contributed by atoms with Gasteiger partial charge in [0.05, 0.1) is 12.7 Å². The third-order valence-corrected chi connectivity index (χ3v) is 6.65. The first-order chi connectivity index (χ1) is 19.5. The Morgan fingerprint density at radius 1 is 0.800 bits per heavy atom. The van der Waals surface area contributed by atoms with Crippen molar-refractivity contribution in [2.75, 3.05) is 36.7 Å². The Hall–Kier alpha value is -5.44. The standard InChI is InChI=1S/C31H27N7O2/c1-37(2)27-11-7-6-10-26(27)31(39)33-22-16-14-21(15-17-22)32-28-24-8-4-5-9-25(24)30-35-34-29(38(30)36-28)20-12-18-23(40-3)19-13-20/h4-19H,1-3H3,(H,32,36)(H,33,39). The lowest BCUT2D eigenvalue weighted by Gasteiger charge is -2.17. The van der Waals surface area contributed by atoms with Crippen LogP contribution in [-0.2, 0) is 0 Å². The number of hydrogen-bond acceptors (Lipinski definition) is 7. The van der Waals surface area contributed by atoms with E-state index in [1.807, 2.05) is 116 Å². The average Bonchev–Trinajstić information content (AvgIpc) is 3.42. The van der Waals surface area contributed by atoms with E-state index in [1.54, 1.807) is 11.6 Å². The molecule has 9 nitrogen and oxygen atoms in total. The van der Waals surface area contributed by atoms with Crippen LogP contribution in [0, 0.1) is 0 Å². The van der Waals surface area contributed by atoms with Crippen LogP contribution in [0.15, 0.2) is 97.1 Å². The molecule has 0 aliphatic carbocycles. The van der Waals surface area contributed by atoms with Crippen LogP contribution in [0.5, 0.6) is 5.75 Å². The van der Waals surface area contributed by atoms with Gasteiger partial charge in [0.25, 0.3) is 5.91 Å². The minimum atomic E-state index is -0.165. The molecule has 0 bridgehead atoms. The second kappa shape index (κ2) is 10.4. The molecule has 0 spiro atoms. The number of carbonyl (C=O) groups excluding carboxylic acids is 1. The van der Waals surface area contributed by atoms with Gasteiger partial charge in [0.1, 0.15) is 5.75 Å². The maximum Gasteiger partial charge on any atom is 0.257 e. The number of anilines is 4. The lowest BCUT2D eigenvalue weighted by atomic mass is 10.1. The van der Waals surface area contributed by atoms with Gasteiger partial charge in [-0.3, -0.25) is 4.79 Å². The number of para-hydroxylation sites is 1. The minimum absolute atomic E-state index is 0.165. The molecule has 0 radical (unpaired) electrons. The molecule has 0 unspecified atom stereocenters. The van der Waals surface area contributed by atoms with Crippen molar-refractivity contribution in [3.63, 3.8) is 0 Å². The number of nitrogens with one attached hydrogen (secondary N) is 2. The van der Waals surface area contributed by atoms with Gasteiger partial charge in [-0.05, 0) is 60.7 Å². The fourth-order valence-corrected chi connectivity index (χ4v) is 4.62. The zero-order valence-corrected chi connectivity index (χ0v) is 22.3. The van der Waals surface area contributed by atoms with E-state index >= 15 is 0 Å². The van der Waals surface area contributed by atoms with Crippen LogP contribution in [0.25, 0.3) is 27.8 Å². The summed E-state index contributed by atoms with van der Waals surface area (Å²) in [5.74, 6) is 1.89. The molecule has 2 heterocycles. The number of hydrogen-bond donors (Lipinski definition) is 2. The van der Waals surface area contributed by atoms with Crippen molar-refractivity contribution in [2.45, 2.75) is 0 Å². The highest BCUT2D eigenvalue weighted by Crippen LogP contribution is 2.30. The minimum Gasteiger partial charge on any atom is -0.497 e. The summed E-state index contributed by atoms with van der Waals surface area (Å²) in [6.07, 6.45) is 0. The number of rotatable bonds is 7.